The third-order valence-corrected chi connectivity index (χ3v) is 3.09. The molecule has 0 unspecified atom stereocenters. The van der Waals surface area contributed by atoms with Crippen LogP contribution in [-0.2, 0) is 17.9 Å². The molecule has 0 aliphatic rings. The van der Waals surface area contributed by atoms with Crippen molar-refractivity contribution in [3.63, 3.8) is 0 Å². The minimum absolute atomic E-state index is 0.0298. The van der Waals surface area contributed by atoms with Crippen LogP contribution in [-0.4, -0.2) is 27.4 Å². The average molecular weight is 273 g/mol. The summed E-state index contributed by atoms with van der Waals surface area (Å²) in [4.78, 5) is 12.9. The number of benzene rings is 1. The number of aryl methyl sites for hydroxylation is 2. The highest BCUT2D eigenvalue weighted by Gasteiger charge is 2.14. The molecule has 106 valence electrons. The standard InChI is InChI=1S/C15H19N3O2/c1-3-18-14(9-12(2)16-18)10-17(11-15(19)20)13-7-5-4-6-8-13/h4-9H,3,10-11H2,1-2H3,(H,19,20). The molecule has 1 N–H and O–H groups in total. The highest BCUT2D eigenvalue weighted by atomic mass is 16.4. The van der Waals surface area contributed by atoms with Gasteiger partial charge in [-0.15, -0.1) is 0 Å². The molecule has 0 bridgehead atoms. The van der Waals surface area contributed by atoms with Gasteiger partial charge in [0.25, 0.3) is 0 Å². The summed E-state index contributed by atoms with van der Waals surface area (Å²) in [7, 11) is 0. The van der Waals surface area contributed by atoms with Gasteiger partial charge in [0.05, 0.1) is 17.9 Å². The molecule has 0 radical (unpaired) electrons. The highest BCUT2D eigenvalue weighted by Crippen LogP contribution is 2.17. The molecule has 20 heavy (non-hydrogen) atoms. The van der Waals surface area contributed by atoms with Gasteiger partial charge in [0.2, 0.25) is 0 Å². The van der Waals surface area contributed by atoms with E-state index in [2.05, 4.69) is 5.10 Å². The van der Waals surface area contributed by atoms with Crippen LogP contribution in [0.3, 0.4) is 0 Å². The van der Waals surface area contributed by atoms with Gasteiger partial charge < -0.3 is 10.0 Å². The van der Waals surface area contributed by atoms with Crippen LogP contribution in [0.1, 0.15) is 18.3 Å². The fourth-order valence-corrected chi connectivity index (χ4v) is 2.24. The number of hydrogen-bond donors (Lipinski definition) is 1. The molecule has 2 rings (SSSR count). The molecule has 0 aliphatic carbocycles. The second-order valence-corrected chi connectivity index (χ2v) is 4.68. The van der Waals surface area contributed by atoms with E-state index in [1.807, 2.05) is 59.8 Å². The molecule has 1 aromatic carbocycles. The van der Waals surface area contributed by atoms with Gasteiger partial charge >= 0.3 is 5.97 Å². The number of aliphatic carboxylic acids is 1. The van der Waals surface area contributed by atoms with Gasteiger partial charge in [0.1, 0.15) is 6.54 Å². The quantitative estimate of drug-likeness (QED) is 0.877. The van der Waals surface area contributed by atoms with Crippen LogP contribution < -0.4 is 4.90 Å². The number of carboxylic acids is 1. The van der Waals surface area contributed by atoms with Crippen molar-refractivity contribution in [1.82, 2.24) is 9.78 Å². The van der Waals surface area contributed by atoms with E-state index in [-0.39, 0.29) is 6.54 Å². The monoisotopic (exact) mass is 273 g/mol. The summed E-state index contributed by atoms with van der Waals surface area (Å²) < 4.78 is 1.91. The summed E-state index contributed by atoms with van der Waals surface area (Å²) in [6.45, 7) is 5.25. The van der Waals surface area contributed by atoms with Crippen LogP contribution in [0.15, 0.2) is 36.4 Å². The molecule has 2 aromatic rings. The summed E-state index contributed by atoms with van der Waals surface area (Å²) >= 11 is 0. The molecule has 5 heteroatoms. The Morgan fingerprint density at radius 1 is 1.35 bits per heavy atom. The zero-order valence-corrected chi connectivity index (χ0v) is 11.8. The van der Waals surface area contributed by atoms with Crippen LogP contribution in [0.2, 0.25) is 0 Å². The predicted molar refractivity (Wildman–Crippen MR) is 77.8 cm³/mol. The normalized spacial score (nSPS) is 10.5. The zero-order valence-electron chi connectivity index (χ0n) is 11.8. The van der Waals surface area contributed by atoms with E-state index in [0.29, 0.717) is 6.54 Å². The number of hydrogen-bond acceptors (Lipinski definition) is 3. The highest BCUT2D eigenvalue weighted by molar-refractivity contribution is 5.73. The molecule has 1 aromatic heterocycles. The Hall–Kier alpha value is -2.30. The Bertz CT molecular complexity index is 578. The van der Waals surface area contributed by atoms with Gasteiger partial charge in [-0.1, -0.05) is 18.2 Å². The fourth-order valence-electron chi connectivity index (χ4n) is 2.24. The first-order chi connectivity index (χ1) is 9.60. The van der Waals surface area contributed by atoms with Gasteiger partial charge in [-0.2, -0.15) is 5.10 Å². The first-order valence-electron chi connectivity index (χ1n) is 6.65. The van der Waals surface area contributed by atoms with Crippen molar-refractivity contribution in [3.05, 3.63) is 47.8 Å². The third kappa shape index (κ3) is 3.38. The van der Waals surface area contributed by atoms with Crippen molar-refractivity contribution >= 4 is 11.7 Å². The molecule has 0 spiro atoms. The van der Waals surface area contributed by atoms with E-state index < -0.39 is 5.97 Å². The summed E-state index contributed by atoms with van der Waals surface area (Å²) in [5.74, 6) is -0.840. The number of para-hydroxylation sites is 1. The molecule has 0 saturated carbocycles. The largest absolute Gasteiger partial charge is 0.480 e. The summed E-state index contributed by atoms with van der Waals surface area (Å²) in [5.41, 5.74) is 2.87. The summed E-state index contributed by atoms with van der Waals surface area (Å²) in [6.07, 6.45) is 0. The molecule has 0 fully saturated rings. The van der Waals surface area contributed by atoms with Gasteiger partial charge in [0.15, 0.2) is 0 Å². The van der Waals surface area contributed by atoms with Crippen LogP contribution in [0.4, 0.5) is 5.69 Å². The predicted octanol–water partition coefficient (Wildman–Crippen LogP) is 2.30. The minimum Gasteiger partial charge on any atom is -0.480 e. The SMILES string of the molecule is CCn1nc(C)cc1CN(CC(=O)O)c1ccccc1. The Balaban J connectivity index is 2.26. The fraction of sp³-hybridized carbons (Fsp3) is 0.333. The Morgan fingerprint density at radius 2 is 2.05 bits per heavy atom. The number of rotatable bonds is 6. The molecule has 0 amide bonds. The van der Waals surface area contributed by atoms with E-state index in [9.17, 15) is 4.79 Å². The maximum absolute atomic E-state index is 11.1. The van der Waals surface area contributed by atoms with E-state index in [4.69, 9.17) is 5.11 Å². The van der Waals surface area contributed by atoms with Crippen LogP contribution in [0.25, 0.3) is 0 Å². The molecule has 0 saturated heterocycles. The van der Waals surface area contributed by atoms with E-state index >= 15 is 0 Å². The maximum atomic E-state index is 11.1. The number of aromatic nitrogens is 2. The Labute approximate surface area is 118 Å². The smallest absolute Gasteiger partial charge is 0.323 e. The lowest BCUT2D eigenvalue weighted by Gasteiger charge is -2.23. The number of anilines is 1. The lowest BCUT2D eigenvalue weighted by atomic mass is 10.2. The lowest BCUT2D eigenvalue weighted by Crippen LogP contribution is -2.30. The molecule has 1 heterocycles. The van der Waals surface area contributed by atoms with Crippen molar-refractivity contribution < 1.29 is 9.90 Å². The zero-order chi connectivity index (χ0) is 14.5. The molecule has 5 nitrogen and oxygen atoms in total. The van der Waals surface area contributed by atoms with E-state index in [1.54, 1.807) is 0 Å². The molecular formula is C15H19N3O2. The Kier molecular flexibility index (Phi) is 4.40. The number of nitrogens with zero attached hydrogens (tertiary/aromatic N) is 3. The topological polar surface area (TPSA) is 58.4 Å². The second-order valence-electron chi connectivity index (χ2n) is 4.68. The van der Waals surface area contributed by atoms with Crippen molar-refractivity contribution in [3.8, 4) is 0 Å². The first kappa shape index (κ1) is 14.1. The van der Waals surface area contributed by atoms with Crippen LogP contribution in [0.5, 0.6) is 0 Å². The van der Waals surface area contributed by atoms with Gasteiger partial charge in [0, 0.05) is 12.2 Å². The number of carboxylic acid groups (broad SMARTS) is 1. The van der Waals surface area contributed by atoms with E-state index in [0.717, 1.165) is 23.6 Å². The average Bonchev–Trinajstić information content (AvgIpc) is 2.78. The van der Waals surface area contributed by atoms with Crippen LogP contribution in [0, 0.1) is 6.92 Å². The maximum Gasteiger partial charge on any atom is 0.323 e. The molecule has 0 atom stereocenters. The lowest BCUT2D eigenvalue weighted by molar-refractivity contribution is -0.135. The van der Waals surface area contributed by atoms with Gasteiger partial charge in [-0.3, -0.25) is 9.48 Å². The minimum atomic E-state index is -0.840. The molecule has 0 aliphatic heterocycles. The van der Waals surface area contributed by atoms with Crippen molar-refractivity contribution in [2.24, 2.45) is 0 Å². The van der Waals surface area contributed by atoms with Gasteiger partial charge in [-0.05, 0) is 32.0 Å². The van der Waals surface area contributed by atoms with Crippen LogP contribution >= 0.6 is 0 Å². The second kappa shape index (κ2) is 6.23. The molecular weight excluding hydrogens is 254 g/mol. The first-order valence-corrected chi connectivity index (χ1v) is 6.65. The summed E-state index contributed by atoms with van der Waals surface area (Å²) in [6, 6.07) is 11.6. The van der Waals surface area contributed by atoms with Crippen molar-refractivity contribution in [1.29, 1.82) is 0 Å². The van der Waals surface area contributed by atoms with Crippen molar-refractivity contribution in [2.75, 3.05) is 11.4 Å². The van der Waals surface area contributed by atoms with E-state index in [1.165, 1.54) is 0 Å². The summed E-state index contributed by atoms with van der Waals surface area (Å²) in [5, 5.41) is 13.5. The van der Waals surface area contributed by atoms with Gasteiger partial charge in [-0.25, -0.2) is 0 Å². The third-order valence-electron chi connectivity index (χ3n) is 3.09. The Morgan fingerprint density at radius 3 is 2.65 bits per heavy atom. The number of carbonyl (C=O) groups is 1. The van der Waals surface area contributed by atoms with Crippen molar-refractivity contribution in [2.45, 2.75) is 26.9 Å².